The van der Waals surface area contributed by atoms with Crippen LogP contribution in [0.3, 0.4) is 0 Å². The zero-order valence-electron chi connectivity index (χ0n) is 25.6. The minimum absolute atomic E-state index is 0.0744. The molecule has 0 spiro atoms. The van der Waals surface area contributed by atoms with Gasteiger partial charge >= 0.3 is 12.1 Å². The number of aromatic nitrogens is 2. The first-order valence-electron chi connectivity index (χ1n) is 15.3. The van der Waals surface area contributed by atoms with Crippen molar-refractivity contribution in [2.75, 3.05) is 21.3 Å². The van der Waals surface area contributed by atoms with Gasteiger partial charge in [0, 0.05) is 23.0 Å². The number of urea groups is 2. The molecule has 0 bridgehead atoms. The highest BCUT2D eigenvalue weighted by molar-refractivity contribution is 9.11. The SMILES string of the molecule is Cc1ccc(NC(=O)Nc2ncc(Br)s2)c(C(=O)C2CCCC2)c1.O=C(Nc1ncc(Br)s1)Nc1ccccc1C(=O)C1CCCC1. The van der Waals surface area contributed by atoms with E-state index in [1.807, 2.05) is 25.1 Å². The fraction of sp³-hybridized carbons (Fsp3) is 0.333. The monoisotopic (exact) mass is 800 g/mol. The standard InChI is InChI=1S/C17H18BrN3O2S.C16H16BrN3O2S/c1-10-6-7-13(12(8-10)15(22)11-4-2-3-5-11)20-16(23)21-17-19-9-14(18)24-17;17-13-9-18-16(23-13)20-15(22)19-12-8-4-3-7-11(12)14(21)10-5-1-2-6-10/h6-9,11H,2-5H2,1H3,(H2,19,20,21,23);3-4,7-10H,1-2,5-6H2,(H2,18,19,20,22). The molecule has 2 saturated carbocycles. The molecule has 2 fully saturated rings. The maximum Gasteiger partial charge on any atom is 0.325 e. The number of halogens is 2. The Labute approximate surface area is 297 Å². The van der Waals surface area contributed by atoms with E-state index in [0.717, 1.165) is 64.5 Å². The summed E-state index contributed by atoms with van der Waals surface area (Å²) in [6.07, 6.45) is 11.4. The van der Waals surface area contributed by atoms with Crippen molar-refractivity contribution in [2.24, 2.45) is 11.8 Å². The van der Waals surface area contributed by atoms with Gasteiger partial charge in [0.2, 0.25) is 0 Å². The Morgan fingerprint density at radius 1 is 0.660 bits per heavy atom. The summed E-state index contributed by atoms with van der Waals surface area (Å²) in [5.74, 6) is 0.403. The molecule has 2 heterocycles. The third-order valence-electron chi connectivity index (χ3n) is 7.98. The number of thiazole rings is 2. The second-order valence-corrected chi connectivity index (χ2v) is 16.2. The fourth-order valence-electron chi connectivity index (χ4n) is 5.72. The molecule has 2 aliphatic carbocycles. The smallest absolute Gasteiger partial charge is 0.307 e. The van der Waals surface area contributed by atoms with Gasteiger partial charge in [-0.3, -0.25) is 20.2 Å². The molecule has 2 aromatic heterocycles. The molecular weight excluding hydrogens is 768 g/mol. The van der Waals surface area contributed by atoms with Crippen molar-refractivity contribution in [1.82, 2.24) is 9.97 Å². The molecule has 6 rings (SSSR count). The maximum atomic E-state index is 12.8. The van der Waals surface area contributed by atoms with Crippen LogP contribution in [0.15, 0.2) is 62.4 Å². The van der Waals surface area contributed by atoms with Gasteiger partial charge in [-0.2, -0.15) is 0 Å². The largest absolute Gasteiger partial charge is 0.325 e. The highest BCUT2D eigenvalue weighted by Gasteiger charge is 2.27. The lowest BCUT2D eigenvalue weighted by atomic mass is 9.94. The molecule has 2 aliphatic rings. The number of para-hydroxylation sites is 1. The number of hydrogen-bond acceptors (Lipinski definition) is 8. The number of amides is 4. The van der Waals surface area contributed by atoms with Gasteiger partial charge in [0.15, 0.2) is 21.8 Å². The number of ketones is 2. The van der Waals surface area contributed by atoms with E-state index in [9.17, 15) is 19.2 Å². The number of anilines is 4. The van der Waals surface area contributed by atoms with Gasteiger partial charge in [0.25, 0.3) is 0 Å². The molecule has 0 atom stereocenters. The van der Waals surface area contributed by atoms with Gasteiger partial charge in [0.1, 0.15) is 0 Å². The highest BCUT2D eigenvalue weighted by Crippen LogP contribution is 2.32. The van der Waals surface area contributed by atoms with Gasteiger partial charge in [-0.1, -0.05) is 72.1 Å². The van der Waals surface area contributed by atoms with Crippen molar-refractivity contribution in [1.29, 1.82) is 0 Å². The van der Waals surface area contributed by atoms with E-state index in [-0.39, 0.29) is 23.4 Å². The van der Waals surface area contributed by atoms with Crippen molar-refractivity contribution >= 4 is 99.8 Å². The Hall–Kier alpha value is -3.46. The van der Waals surface area contributed by atoms with Gasteiger partial charge in [-0.15, -0.1) is 0 Å². The van der Waals surface area contributed by atoms with Crippen LogP contribution in [0.4, 0.5) is 31.2 Å². The number of nitrogens with zero attached hydrogens (tertiary/aromatic N) is 2. The number of hydrogen-bond donors (Lipinski definition) is 4. The van der Waals surface area contributed by atoms with Crippen molar-refractivity contribution in [3.8, 4) is 0 Å². The fourth-order valence-corrected chi connectivity index (χ4v) is 7.92. The Balaban J connectivity index is 0.000000185. The first-order valence-corrected chi connectivity index (χ1v) is 18.5. The summed E-state index contributed by atoms with van der Waals surface area (Å²) < 4.78 is 1.68. The predicted octanol–water partition coefficient (Wildman–Crippen LogP) is 10.2. The molecule has 14 heteroatoms. The molecule has 4 amide bonds. The number of carbonyl (C=O) groups is 4. The van der Waals surface area contributed by atoms with Gasteiger partial charge in [-0.05, 0) is 88.7 Å². The summed E-state index contributed by atoms with van der Waals surface area (Å²) >= 11 is 9.25. The molecule has 0 aliphatic heterocycles. The molecule has 0 unspecified atom stereocenters. The number of Topliss-reactive ketones (excluding diaryl/α,β-unsaturated/α-hetero) is 2. The molecule has 4 aromatic rings. The Kier molecular flexibility index (Phi) is 12.3. The normalized spacial score (nSPS) is 14.6. The lowest BCUT2D eigenvalue weighted by Crippen LogP contribution is -2.22. The van der Waals surface area contributed by atoms with E-state index in [1.165, 1.54) is 22.7 Å². The van der Waals surface area contributed by atoms with E-state index < -0.39 is 12.1 Å². The van der Waals surface area contributed by atoms with E-state index in [0.29, 0.717) is 32.8 Å². The topological polar surface area (TPSA) is 142 Å². The molecule has 47 heavy (non-hydrogen) atoms. The Morgan fingerprint density at radius 3 is 1.62 bits per heavy atom. The zero-order valence-corrected chi connectivity index (χ0v) is 30.4. The third kappa shape index (κ3) is 9.78. The van der Waals surface area contributed by atoms with Crippen LogP contribution in [0.25, 0.3) is 0 Å². The van der Waals surface area contributed by atoms with E-state index in [2.05, 4.69) is 63.1 Å². The van der Waals surface area contributed by atoms with E-state index >= 15 is 0 Å². The van der Waals surface area contributed by atoms with Crippen LogP contribution in [0.2, 0.25) is 0 Å². The van der Waals surface area contributed by atoms with Gasteiger partial charge < -0.3 is 10.6 Å². The second kappa shape index (κ2) is 16.6. The Bertz CT molecular complexity index is 1750. The van der Waals surface area contributed by atoms with Crippen LogP contribution >= 0.6 is 54.5 Å². The van der Waals surface area contributed by atoms with Gasteiger partial charge in [0.05, 0.1) is 31.3 Å². The maximum absolute atomic E-state index is 12.8. The zero-order chi connectivity index (χ0) is 33.3. The van der Waals surface area contributed by atoms with Crippen molar-refractivity contribution in [3.05, 3.63) is 79.1 Å². The predicted molar refractivity (Wildman–Crippen MR) is 195 cm³/mol. The number of carbonyl (C=O) groups excluding carboxylic acids is 4. The quantitative estimate of drug-likeness (QED) is 0.131. The summed E-state index contributed by atoms with van der Waals surface area (Å²) in [5.41, 5.74) is 3.27. The number of rotatable bonds is 8. The number of benzene rings is 2. The van der Waals surface area contributed by atoms with Crippen molar-refractivity contribution < 1.29 is 19.2 Å². The van der Waals surface area contributed by atoms with Crippen LogP contribution in [0.1, 0.15) is 77.6 Å². The summed E-state index contributed by atoms with van der Waals surface area (Å²) in [6, 6.07) is 11.9. The summed E-state index contributed by atoms with van der Waals surface area (Å²) in [6.45, 7) is 1.95. The summed E-state index contributed by atoms with van der Waals surface area (Å²) in [5, 5.41) is 11.9. The molecule has 10 nitrogen and oxygen atoms in total. The summed E-state index contributed by atoms with van der Waals surface area (Å²) in [7, 11) is 0. The molecule has 0 radical (unpaired) electrons. The molecule has 4 N–H and O–H groups in total. The first-order chi connectivity index (χ1) is 22.7. The first kappa shape index (κ1) is 34.9. The van der Waals surface area contributed by atoms with Crippen LogP contribution in [0, 0.1) is 18.8 Å². The minimum Gasteiger partial charge on any atom is -0.307 e. The van der Waals surface area contributed by atoms with Gasteiger partial charge in [-0.25, -0.2) is 19.6 Å². The van der Waals surface area contributed by atoms with Crippen LogP contribution < -0.4 is 21.3 Å². The van der Waals surface area contributed by atoms with Crippen LogP contribution in [-0.2, 0) is 0 Å². The average molecular weight is 803 g/mol. The van der Waals surface area contributed by atoms with Crippen molar-refractivity contribution in [3.63, 3.8) is 0 Å². The second-order valence-electron chi connectivity index (χ2n) is 11.4. The van der Waals surface area contributed by atoms with E-state index in [4.69, 9.17) is 0 Å². The number of aryl methyl sites for hydroxylation is 1. The van der Waals surface area contributed by atoms with E-state index in [1.54, 1.807) is 36.7 Å². The molecular formula is C33H34Br2N6O4S2. The Morgan fingerprint density at radius 2 is 1.13 bits per heavy atom. The summed E-state index contributed by atoms with van der Waals surface area (Å²) in [4.78, 5) is 57.8. The minimum atomic E-state index is -0.404. The lowest BCUT2D eigenvalue weighted by Gasteiger charge is -2.14. The third-order valence-corrected chi connectivity index (χ3v) is 10.8. The van der Waals surface area contributed by atoms with Crippen LogP contribution in [0.5, 0.6) is 0 Å². The number of nitrogens with one attached hydrogen (secondary N) is 4. The highest BCUT2D eigenvalue weighted by atomic mass is 79.9. The molecule has 246 valence electrons. The average Bonchev–Trinajstić information content (AvgIpc) is 3.88. The van der Waals surface area contributed by atoms with Crippen molar-refractivity contribution in [2.45, 2.75) is 58.3 Å². The molecule has 0 saturated heterocycles. The molecule has 2 aromatic carbocycles. The lowest BCUT2D eigenvalue weighted by molar-refractivity contribution is 0.0916. The van der Waals surface area contributed by atoms with Crippen LogP contribution in [-0.4, -0.2) is 33.6 Å².